The Kier molecular flexibility index (Phi) is 2.32. The molecule has 0 radical (unpaired) electrons. The molecule has 3 heteroatoms. The van der Waals surface area contributed by atoms with Crippen molar-refractivity contribution in [1.82, 2.24) is 0 Å². The SMILES string of the molecule is O=C(O)c1sccc1C12CCC(CC1)CC2. The average molecular weight is 236 g/mol. The third-order valence-corrected chi connectivity index (χ3v) is 5.43. The first-order chi connectivity index (χ1) is 7.71. The van der Waals surface area contributed by atoms with Crippen molar-refractivity contribution in [2.45, 2.75) is 43.9 Å². The molecule has 1 aromatic rings. The first kappa shape index (κ1) is 10.3. The number of rotatable bonds is 2. The van der Waals surface area contributed by atoms with Gasteiger partial charge in [-0.05, 0) is 66.9 Å². The summed E-state index contributed by atoms with van der Waals surface area (Å²) in [4.78, 5) is 11.8. The van der Waals surface area contributed by atoms with E-state index in [1.54, 1.807) is 0 Å². The van der Waals surface area contributed by atoms with Crippen LogP contribution in [0.5, 0.6) is 0 Å². The summed E-state index contributed by atoms with van der Waals surface area (Å²) >= 11 is 1.38. The van der Waals surface area contributed by atoms with Gasteiger partial charge in [-0.1, -0.05) is 0 Å². The van der Waals surface area contributed by atoms with E-state index in [9.17, 15) is 9.90 Å². The minimum Gasteiger partial charge on any atom is -0.477 e. The number of fused-ring (bicyclic) bond motifs is 3. The smallest absolute Gasteiger partial charge is 0.346 e. The predicted molar refractivity (Wildman–Crippen MR) is 64.1 cm³/mol. The second-order valence-electron chi connectivity index (χ2n) is 5.23. The summed E-state index contributed by atoms with van der Waals surface area (Å²) in [6, 6.07) is 2.06. The minimum atomic E-state index is -0.743. The second kappa shape index (κ2) is 3.59. The molecule has 0 aliphatic heterocycles. The van der Waals surface area contributed by atoms with E-state index in [0.29, 0.717) is 4.88 Å². The summed E-state index contributed by atoms with van der Waals surface area (Å²) in [5.74, 6) is 0.181. The molecule has 3 fully saturated rings. The Morgan fingerprint density at radius 3 is 2.50 bits per heavy atom. The van der Waals surface area contributed by atoms with Crippen LogP contribution in [-0.2, 0) is 5.41 Å². The van der Waals surface area contributed by atoms with E-state index < -0.39 is 5.97 Å². The fraction of sp³-hybridized carbons (Fsp3) is 0.615. The summed E-state index contributed by atoms with van der Waals surface area (Å²) in [5, 5.41) is 11.2. The number of carbonyl (C=O) groups is 1. The third-order valence-electron chi connectivity index (χ3n) is 4.52. The molecular formula is C13H16O2S. The van der Waals surface area contributed by atoms with Crippen molar-refractivity contribution in [1.29, 1.82) is 0 Å². The van der Waals surface area contributed by atoms with E-state index in [-0.39, 0.29) is 5.41 Å². The van der Waals surface area contributed by atoms with Crippen molar-refractivity contribution < 1.29 is 9.90 Å². The van der Waals surface area contributed by atoms with Crippen molar-refractivity contribution in [3.05, 3.63) is 21.9 Å². The zero-order chi connectivity index (χ0) is 11.2. The van der Waals surface area contributed by atoms with Crippen molar-refractivity contribution in [3.63, 3.8) is 0 Å². The van der Waals surface area contributed by atoms with Crippen LogP contribution in [0.25, 0.3) is 0 Å². The van der Waals surface area contributed by atoms with E-state index in [1.165, 1.54) is 49.9 Å². The lowest BCUT2D eigenvalue weighted by atomic mass is 9.58. The van der Waals surface area contributed by atoms with E-state index in [1.807, 2.05) is 5.38 Å². The first-order valence-corrected chi connectivity index (χ1v) is 6.90. The molecule has 0 aromatic carbocycles. The Labute approximate surface area is 99.3 Å². The third kappa shape index (κ3) is 1.41. The number of thiophene rings is 1. The maximum Gasteiger partial charge on any atom is 0.346 e. The van der Waals surface area contributed by atoms with Crippen LogP contribution in [0.4, 0.5) is 0 Å². The zero-order valence-corrected chi connectivity index (χ0v) is 10.1. The van der Waals surface area contributed by atoms with E-state index in [0.717, 1.165) is 11.5 Å². The van der Waals surface area contributed by atoms with E-state index in [4.69, 9.17) is 0 Å². The van der Waals surface area contributed by atoms with Gasteiger partial charge in [0.05, 0.1) is 0 Å². The molecular weight excluding hydrogens is 220 g/mol. The topological polar surface area (TPSA) is 37.3 Å². The van der Waals surface area contributed by atoms with Gasteiger partial charge in [-0.3, -0.25) is 0 Å². The van der Waals surface area contributed by atoms with Crippen LogP contribution in [0, 0.1) is 5.92 Å². The molecule has 0 saturated heterocycles. The highest BCUT2D eigenvalue weighted by molar-refractivity contribution is 7.12. The average Bonchev–Trinajstić information content (AvgIpc) is 2.81. The second-order valence-corrected chi connectivity index (χ2v) is 6.15. The van der Waals surface area contributed by atoms with Crippen LogP contribution >= 0.6 is 11.3 Å². The van der Waals surface area contributed by atoms with E-state index in [2.05, 4.69) is 6.07 Å². The monoisotopic (exact) mass is 236 g/mol. The fourth-order valence-corrected chi connectivity index (χ4v) is 4.40. The van der Waals surface area contributed by atoms with Gasteiger partial charge in [-0.15, -0.1) is 11.3 Å². The highest BCUT2D eigenvalue weighted by Gasteiger charge is 2.43. The maximum absolute atomic E-state index is 11.2. The highest BCUT2D eigenvalue weighted by atomic mass is 32.1. The molecule has 16 heavy (non-hydrogen) atoms. The summed E-state index contributed by atoms with van der Waals surface area (Å²) in [6.45, 7) is 0. The molecule has 3 aliphatic carbocycles. The normalized spacial score (nSPS) is 32.9. The highest BCUT2D eigenvalue weighted by Crippen LogP contribution is 2.53. The standard InChI is InChI=1S/C13H16O2S/c14-12(15)11-10(4-8-16-11)13-5-1-9(2-6-13)3-7-13/h4,8-9H,1-3,5-7H2,(H,14,15). The lowest BCUT2D eigenvalue weighted by Crippen LogP contribution is -2.38. The fourth-order valence-electron chi connectivity index (χ4n) is 3.55. The summed E-state index contributed by atoms with van der Waals surface area (Å²) in [5.41, 5.74) is 1.34. The molecule has 86 valence electrons. The molecule has 1 heterocycles. The summed E-state index contributed by atoms with van der Waals surface area (Å²) < 4.78 is 0. The molecule has 4 rings (SSSR count). The van der Waals surface area contributed by atoms with E-state index >= 15 is 0 Å². The molecule has 1 N–H and O–H groups in total. The molecule has 2 bridgehead atoms. The molecule has 0 amide bonds. The van der Waals surface area contributed by atoms with Gasteiger partial charge in [0.2, 0.25) is 0 Å². The van der Waals surface area contributed by atoms with Crippen LogP contribution in [-0.4, -0.2) is 11.1 Å². The van der Waals surface area contributed by atoms with Gasteiger partial charge < -0.3 is 5.11 Å². The van der Waals surface area contributed by atoms with Crippen LogP contribution in [0.2, 0.25) is 0 Å². The van der Waals surface area contributed by atoms with Gasteiger partial charge in [0, 0.05) is 0 Å². The molecule has 3 aliphatic rings. The number of hydrogen-bond donors (Lipinski definition) is 1. The minimum absolute atomic E-state index is 0.211. The molecule has 1 aromatic heterocycles. The van der Waals surface area contributed by atoms with Crippen molar-refractivity contribution in [2.75, 3.05) is 0 Å². The van der Waals surface area contributed by atoms with Crippen LogP contribution in [0.1, 0.15) is 53.8 Å². The number of aromatic carboxylic acids is 1. The summed E-state index contributed by atoms with van der Waals surface area (Å²) in [6.07, 6.45) is 7.51. The Morgan fingerprint density at radius 2 is 1.94 bits per heavy atom. The number of carboxylic acid groups (broad SMARTS) is 1. The van der Waals surface area contributed by atoms with Gasteiger partial charge >= 0.3 is 5.97 Å². The van der Waals surface area contributed by atoms with Gasteiger partial charge in [-0.2, -0.15) is 0 Å². The predicted octanol–water partition coefficient (Wildman–Crippen LogP) is 3.67. The van der Waals surface area contributed by atoms with Gasteiger partial charge in [0.15, 0.2) is 0 Å². The lowest BCUT2D eigenvalue weighted by molar-refractivity contribution is 0.0693. The van der Waals surface area contributed by atoms with Crippen molar-refractivity contribution >= 4 is 17.3 Å². The largest absolute Gasteiger partial charge is 0.477 e. The number of hydrogen-bond acceptors (Lipinski definition) is 2. The van der Waals surface area contributed by atoms with Crippen molar-refractivity contribution in [3.8, 4) is 0 Å². The van der Waals surface area contributed by atoms with Gasteiger partial charge in [0.1, 0.15) is 4.88 Å². The van der Waals surface area contributed by atoms with Gasteiger partial charge in [0.25, 0.3) is 0 Å². The Bertz CT molecular complexity index is 400. The summed E-state index contributed by atoms with van der Waals surface area (Å²) in [7, 11) is 0. The van der Waals surface area contributed by atoms with Gasteiger partial charge in [-0.25, -0.2) is 4.79 Å². The molecule has 3 saturated carbocycles. The maximum atomic E-state index is 11.2. The van der Waals surface area contributed by atoms with Crippen LogP contribution in [0.3, 0.4) is 0 Å². The number of carboxylic acids is 1. The molecule has 0 spiro atoms. The molecule has 0 atom stereocenters. The first-order valence-electron chi connectivity index (χ1n) is 6.02. The lowest BCUT2D eigenvalue weighted by Gasteiger charge is -2.46. The van der Waals surface area contributed by atoms with Crippen molar-refractivity contribution in [2.24, 2.45) is 5.92 Å². The Morgan fingerprint density at radius 1 is 1.31 bits per heavy atom. The van der Waals surface area contributed by atoms with Crippen LogP contribution in [0.15, 0.2) is 11.4 Å². The van der Waals surface area contributed by atoms with Crippen LogP contribution < -0.4 is 0 Å². The molecule has 0 unspecified atom stereocenters. The zero-order valence-electron chi connectivity index (χ0n) is 9.24. The molecule has 2 nitrogen and oxygen atoms in total. The Hall–Kier alpha value is -0.830. The quantitative estimate of drug-likeness (QED) is 0.850. The Balaban J connectivity index is 2.01.